The smallest absolute Gasteiger partial charge is 0.296 e. The first-order valence-corrected chi connectivity index (χ1v) is 10.5. The molecule has 0 radical (unpaired) electrons. The number of rotatable bonds is 3. The Bertz CT molecular complexity index is 1210. The summed E-state index contributed by atoms with van der Waals surface area (Å²) >= 11 is 8.23. The molecule has 1 saturated heterocycles. The Labute approximate surface area is 174 Å². The summed E-state index contributed by atoms with van der Waals surface area (Å²) in [6, 6.07) is 21.2. The van der Waals surface area contributed by atoms with Crippen LogP contribution in [0.2, 0.25) is 0 Å². The molecule has 4 nitrogen and oxygen atoms in total. The number of carbonyl (C=O) groups is 1. The van der Waals surface area contributed by atoms with Gasteiger partial charge in [0.05, 0.1) is 20.8 Å². The molecule has 0 aliphatic carbocycles. The highest BCUT2D eigenvalue weighted by Crippen LogP contribution is 2.37. The van der Waals surface area contributed by atoms with Crippen molar-refractivity contribution < 1.29 is 9.21 Å². The fraction of sp³-hybridized carbons (Fsp3) is 0. The maximum atomic E-state index is 12.4. The quantitative estimate of drug-likeness (QED) is 0.276. The first kappa shape index (κ1) is 17.4. The van der Waals surface area contributed by atoms with Crippen molar-refractivity contribution in [1.82, 2.24) is 4.98 Å². The molecule has 28 heavy (non-hydrogen) atoms. The fourth-order valence-corrected chi connectivity index (χ4v) is 5.11. The van der Waals surface area contributed by atoms with E-state index in [-0.39, 0.29) is 5.24 Å². The molecule has 4 aromatic rings. The molecule has 1 fully saturated rings. The van der Waals surface area contributed by atoms with E-state index in [2.05, 4.69) is 4.98 Å². The molecule has 2 aromatic heterocycles. The van der Waals surface area contributed by atoms with Gasteiger partial charge in [-0.25, -0.2) is 4.98 Å². The molecule has 7 heteroatoms. The predicted molar refractivity (Wildman–Crippen MR) is 120 cm³/mol. The minimum absolute atomic E-state index is 0.111. The van der Waals surface area contributed by atoms with E-state index in [0.717, 1.165) is 32.7 Å². The van der Waals surface area contributed by atoms with Crippen molar-refractivity contribution >= 4 is 67.5 Å². The Morgan fingerprint density at radius 2 is 1.79 bits per heavy atom. The minimum Gasteiger partial charge on any atom is -0.454 e. The Balaban J connectivity index is 1.44. The lowest BCUT2D eigenvalue weighted by Crippen LogP contribution is -2.26. The van der Waals surface area contributed by atoms with E-state index in [4.69, 9.17) is 16.6 Å². The lowest BCUT2D eigenvalue weighted by Gasteiger charge is -2.14. The number of fused-ring (bicyclic) bond motifs is 1. The summed E-state index contributed by atoms with van der Waals surface area (Å²) in [6.45, 7) is 0. The predicted octanol–water partition coefficient (Wildman–Crippen LogP) is 6.60. The van der Waals surface area contributed by atoms with Crippen LogP contribution >= 0.6 is 35.3 Å². The van der Waals surface area contributed by atoms with Crippen LogP contribution in [-0.2, 0) is 0 Å². The van der Waals surface area contributed by atoms with E-state index in [1.165, 1.54) is 0 Å². The zero-order valence-corrected chi connectivity index (χ0v) is 16.8. The van der Waals surface area contributed by atoms with Crippen molar-refractivity contribution in [3.8, 4) is 10.8 Å². The van der Waals surface area contributed by atoms with Crippen LogP contribution in [0.4, 0.5) is 10.5 Å². The Hall–Kier alpha value is -2.74. The highest BCUT2D eigenvalue weighted by atomic mass is 32.2. The number of thioether (sulfide) groups is 1. The van der Waals surface area contributed by atoms with E-state index >= 15 is 0 Å². The number of aromatic nitrogens is 1. The third-order valence-electron chi connectivity index (χ3n) is 4.21. The number of thiazole rings is 1. The molecule has 0 N–H and O–H groups in total. The summed E-state index contributed by atoms with van der Waals surface area (Å²) in [5.74, 6) is 1.34. The molecule has 0 atom stereocenters. The number of furan rings is 1. The average Bonchev–Trinajstić information content (AvgIpc) is 3.40. The van der Waals surface area contributed by atoms with E-state index in [1.807, 2.05) is 72.8 Å². The van der Waals surface area contributed by atoms with Crippen LogP contribution in [0, 0.1) is 0 Å². The van der Waals surface area contributed by atoms with Gasteiger partial charge in [0.15, 0.2) is 10.8 Å². The van der Waals surface area contributed by atoms with Crippen LogP contribution in [0.3, 0.4) is 0 Å². The van der Waals surface area contributed by atoms with E-state index < -0.39 is 0 Å². The van der Waals surface area contributed by atoms with Crippen molar-refractivity contribution in [2.24, 2.45) is 0 Å². The van der Waals surface area contributed by atoms with Crippen molar-refractivity contribution in [2.45, 2.75) is 0 Å². The molecule has 0 unspecified atom stereocenters. The number of benzene rings is 2. The summed E-state index contributed by atoms with van der Waals surface area (Å²) in [5.41, 5.74) is 1.72. The molecule has 136 valence electrons. The van der Waals surface area contributed by atoms with Gasteiger partial charge in [0.1, 0.15) is 10.7 Å². The Morgan fingerprint density at radius 1 is 1.00 bits per heavy atom. The number of hydrogen-bond acceptors (Lipinski definition) is 6. The van der Waals surface area contributed by atoms with Gasteiger partial charge in [0.2, 0.25) is 0 Å². The van der Waals surface area contributed by atoms with Crippen LogP contribution in [0.25, 0.3) is 27.1 Å². The minimum atomic E-state index is -0.111. The molecule has 0 bridgehead atoms. The van der Waals surface area contributed by atoms with Crippen LogP contribution in [0.15, 0.2) is 76.1 Å². The summed E-state index contributed by atoms with van der Waals surface area (Å²) in [5, 5.41) is 0.717. The van der Waals surface area contributed by atoms with Crippen molar-refractivity contribution in [3.05, 3.63) is 77.4 Å². The summed E-state index contributed by atoms with van der Waals surface area (Å²) < 4.78 is 7.07. The molecule has 0 saturated carbocycles. The number of amides is 1. The molecule has 1 aliphatic rings. The zero-order chi connectivity index (χ0) is 19.1. The average molecular weight is 421 g/mol. The van der Waals surface area contributed by atoms with Crippen molar-refractivity contribution in [2.75, 3.05) is 4.90 Å². The Morgan fingerprint density at radius 3 is 2.61 bits per heavy atom. The zero-order valence-electron chi connectivity index (χ0n) is 14.4. The van der Waals surface area contributed by atoms with E-state index in [9.17, 15) is 4.79 Å². The first-order chi connectivity index (χ1) is 13.7. The second-order valence-corrected chi connectivity index (χ2v) is 8.45. The van der Waals surface area contributed by atoms with Gasteiger partial charge in [-0.3, -0.25) is 9.69 Å². The topological polar surface area (TPSA) is 46.3 Å². The summed E-state index contributed by atoms with van der Waals surface area (Å²) in [4.78, 5) is 19.8. The maximum absolute atomic E-state index is 12.4. The van der Waals surface area contributed by atoms with E-state index in [0.29, 0.717) is 21.4 Å². The number of carbonyl (C=O) groups excluding carboxylic acids is 1. The third-order valence-corrected chi connectivity index (χ3v) is 6.68. The largest absolute Gasteiger partial charge is 0.454 e. The monoisotopic (exact) mass is 420 g/mol. The van der Waals surface area contributed by atoms with Gasteiger partial charge in [-0.1, -0.05) is 42.5 Å². The molecular formula is C21H12N2O2S3. The van der Waals surface area contributed by atoms with Crippen LogP contribution < -0.4 is 4.90 Å². The number of thiocarbonyl (C=S) groups is 1. The normalized spacial score (nSPS) is 15.9. The standard InChI is InChI=1S/C21H12N2O2S3/c24-21-23(13-6-2-1-3-7-13)20(26)18(28-21)12-14-10-11-16(25-14)19-22-15-8-4-5-9-17(15)27-19/h1-12H. The van der Waals surface area contributed by atoms with E-state index in [1.54, 1.807) is 16.2 Å². The van der Waals surface area contributed by atoms with Crippen LogP contribution in [0.5, 0.6) is 0 Å². The molecule has 5 rings (SSSR count). The number of para-hydroxylation sites is 2. The van der Waals surface area contributed by atoms with Crippen molar-refractivity contribution in [3.63, 3.8) is 0 Å². The van der Waals surface area contributed by atoms with Gasteiger partial charge in [-0.2, -0.15) is 0 Å². The highest BCUT2D eigenvalue weighted by molar-refractivity contribution is 8.20. The maximum Gasteiger partial charge on any atom is 0.296 e. The molecule has 2 aromatic carbocycles. The highest BCUT2D eigenvalue weighted by Gasteiger charge is 2.33. The summed E-state index contributed by atoms with van der Waals surface area (Å²) in [6.07, 6.45) is 1.81. The second-order valence-electron chi connectivity index (χ2n) is 6.04. The lowest BCUT2D eigenvalue weighted by atomic mass is 10.3. The number of nitrogens with zero attached hydrogens (tertiary/aromatic N) is 2. The van der Waals surface area contributed by atoms with Gasteiger partial charge in [-0.05, 0) is 54.2 Å². The first-order valence-electron chi connectivity index (χ1n) is 8.48. The molecule has 1 amide bonds. The third kappa shape index (κ3) is 3.07. The van der Waals surface area contributed by atoms with Crippen LogP contribution in [-0.4, -0.2) is 15.2 Å². The van der Waals surface area contributed by atoms with Crippen LogP contribution in [0.1, 0.15) is 5.76 Å². The molecule has 3 heterocycles. The lowest BCUT2D eigenvalue weighted by molar-refractivity contribution is 0.268. The molecule has 1 aliphatic heterocycles. The molecule has 0 spiro atoms. The molecular weight excluding hydrogens is 408 g/mol. The van der Waals surface area contributed by atoms with Gasteiger partial charge >= 0.3 is 0 Å². The fourth-order valence-electron chi connectivity index (χ4n) is 2.92. The Kier molecular flexibility index (Phi) is 4.35. The van der Waals surface area contributed by atoms with Gasteiger partial charge < -0.3 is 4.42 Å². The number of anilines is 1. The van der Waals surface area contributed by atoms with Gasteiger partial charge in [0, 0.05) is 0 Å². The van der Waals surface area contributed by atoms with Gasteiger partial charge in [0.25, 0.3) is 5.24 Å². The van der Waals surface area contributed by atoms with Gasteiger partial charge in [-0.15, -0.1) is 11.3 Å². The SMILES string of the molecule is O=C1SC(=Cc2ccc(-c3nc4ccccc4s3)o2)C(=S)N1c1ccccc1. The van der Waals surface area contributed by atoms with Crippen molar-refractivity contribution in [1.29, 1.82) is 0 Å². The number of hydrogen-bond donors (Lipinski definition) is 0. The second kappa shape index (κ2) is 7.01. The summed E-state index contributed by atoms with van der Waals surface area (Å²) in [7, 11) is 0.